The van der Waals surface area contributed by atoms with Crippen LogP contribution < -0.4 is 10.1 Å². The Morgan fingerprint density at radius 3 is 2.50 bits per heavy atom. The Labute approximate surface area is 120 Å². The number of para-hydroxylation sites is 1. The summed E-state index contributed by atoms with van der Waals surface area (Å²) in [6.07, 6.45) is -0.501. The molecule has 20 heavy (non-hydrogen) atoms. The van der Waals surface area contributed by atoms with Crippen LogP contribution in [0.2, 0.25) is 0 Å². The summed E-state index contributed by atoms with van der Waals surface area (Å²) in [5, 5.41) is 12.9. The standard InChI is InChI=1S/C17H21NO2/c1-2-18-12-15(19)13-20-17-11-7-6-10-16(17)14-8-4-3-5-9-14/h3-11,15,18-19H,2,12-13H2,1H3. The first kappa shape index (κ1) is 14.6. The van der Waals surface area contributed by atoms with Crippen LogP contribution in [0.5, 0.6) is 5.75 Å². The van der Waals surface area contributed by atoms with Crippen LogP contribution in [0.15, 0.2) is 54.6 Å². The summed E-state index contributed by atoms with van der Waals surface area (Å²) in [6.45, 7) is 3.69. The van der Waals surface area contributed by atoms with Crippen molar-refractivity contribution >= 4 is 0 Å². The van der Waals surface area contributed by atoms with Crippen molar-refractivity contribution in [1.82, 2.24) is 5.32 Å². The summed E-state index contributed by atoms with van der Waals surface area (Å²) in [6, 6.07) is 18.0. The van der Waals surface area contributed by atoms with Crippen LogP contribution in [0.25, 0.3) is 11.1 Å². The van der Waals surface area contributed by atoms with Gasteiger partial charge in [-0.15, -0.1) is 0 Å². The van der Waals surface area contributed by atoms with Gasteiger partial charge >= 0.3 is 0 Å². The molecule has 1 atom stereocenters. The zero-order valence-corrected chi connectivity index (χ0v) is 11.8. The third kappa shape index (κ3) is 4.08. The Morgan fingerprint density at radius 1 is 1.05 bits per heavy atom. The molecule has 0 spiro atoms. The first-order valence-corrected chi connectivity index (χ1v) is 6.97. The molecule has 0 saturated carbocycles. The summed E-state index contributed by atoms with van der Waals surface area (Å²) in [5.41, 5.74) is 2.16. The highest BCUT2D eigenvalue weighted by molar-refractivity contribution is 5.70. The predicted molar refractivity (Wildman–Crippen MR) is 81.9 cm³/mol. The van der Waals surface area contributed by atoms with Gasteiger partial charge in [0.25, 0.3) is 0 Å². The highest BCUT2D eigenvalue weighted by Gasteiger charge is 2.08. The molecule has 2 aromatic carbocycles. The molecule has 0 aromatic heterocycles. The molecule has 0 aliphatic rings. The maximum absolute atomic E-state index is 9.82. The van der Waals surface area contributed by atoms with E-state index in [1.807, 2.05) is 49.4 Å². The normalized spacial score (nSPS) is 12.1. The van der Waals surface area contributed by atoms with E-state index in [0.29, 0.717) is 6.54 Å². The lowest BCUT2D eigenvalue weighted by molar-refractivity contribution is 0.107. The van der Waals surface area contributed by atoms with Crippen LogP contribution in [0.1, 0.15) is 6.92 Å². The van der Waals surface area contributed by atoms with Gasteiger partial charge in [0.1, 0.15) is 18.5 Å². The zero-order chi connectivity index (χ0) is 14.2. The van der Waals surface area contributed by atoms with E-state index in [1.54, 1.807) is 0 Å². The van der Waals surface area contributed by atoms with E-state index in [-0.39, 0.29) is 6.61 Å². The van der Waals surface area contributed by atoms with Crippen LogP contribution in [0.3, 0.4) is 0 Å². The van der Waals surface area contributed by atoms with Crippen molar-refractivity contribution in [3.8, 4) is 16.9 Å². The molecule has 3 heteroatoms. The highest BCUT2D eigenvalue weighted by atomic mass is 16.5. The predicted octanol–water partition coefficient (Wildman–Crippen LogP) is 2.70. The molecule has 0 radical (unpaired) electrons. The topological polar surface area (TPSA) is 41.5 Å². The number of likely N-dealkylation sites (N-methyl/N-ethyl adjacent to an activating group) is 1. The van der Waals surface area contributed by atoms with Gasteiger partial charge in [-0.25, -0.2) is 0 Å². The van der Waals surface area contributed by atoms with Gasteiger partial charge < -0.3 is 15.2 Å². The largest absolute Gasteiger partial charge is 0.490 e. The number of aliphatic hydroxyl groups excluding tert-OH is 1. The first-order chi connectivity index (χ1) is 9.81. The van der Waals surface area contributed by atoms with Gasteiger partial charge in [0, 0.05) is 12.1 Å². The monoisotopic (exact) mass is 271 g/mol. The van der Waals surface area contributed by atoms with Crippen molar-refractivity contribution in [3.05, 3.63) is 54.6 Å². The Bertz CT molecular complexity index is 513. The van der Waals surface area contributed by atoms with E-state index in [4.69, 9.17) is 4.74 Å². The number of ether oxygens (including phenoxy) is 1. The Balaban J connectivity index is 2.05. The molecule has 2 rings (SSSR count). The maximum Gasteiger partial charge on any atom is 0.127 e. The summed E-state index contributed by atoms with van der Waals surface area (Å²) in [5.74, 6) is 0.800. The fraction of sp³-hybridized carbons (Fsp3) is 0.294. The van der Waals surface area contributed by atoms with Crippen molar-refractivity contribution in [2.45, 2.75) is 13.0 Å². The van der Waals surface area contributed by atoms with Gasteiger partial charge in [-0.2, -0.15) is 0 Å². The minimum Gasteiger partial charge on any atom is -0.490 e. The van der Waals surface area contributed by atoms with Gasteiger partial charge in [0.15, 0.2) is 0 Å². The van der Waals surface area contributed by atoms with Gasteiger partial charge in [-0.3, -0.25) is 0 Å². The second-order valence-corrected chi connectivity index (χ2v) is 4.63. The molecule has 1 unspecified atom stereocenters. The number of rotatable bonds is 7. The van der Waals surface area contributed by atoms with Gasteiger partial charge in [0.05, 0.1) is 0 Å². The molecule has 0 aliphatic carbocycles. The van der Waals surface area contributed by atoms with Crippen molar-refractivity contribution in [1.29, 1.82) is 0 Å². The van der Waals surface area contributed by atoms with Crippen molar-refractivity contribution in [2.24, 2.45) is 0 Å². The molecule has 3 nitrogen and oxygen atoms in total. The van der Waals surface area contributed by atoms with Gasteiger partial charge in [-0.05, 0) is 18.2 Å². The fourth-order valence-corrected chi connectivity index (χ4v) is 2.00. The number of hydrogen-bond donors (Lipinski definition) is 2. The maximum atomic E-state index is 9.82. The molecular formula is C17H21NO2. The van der Waals surface area contributed by atoms with E-state index < -0.39 is 6.10 Å². The van der Waals surface area contributed by atoms with Crippen molar-refractivity contribution < 1.29 is 9.84 Å². The molecule has 106 valence electrons. The summed E-state index contributed by atoms with van der Waals surface area (Å²) in [7, 11) is 0. The fourth-order valence-electron chi connectivity index (χ4n) is 2.00. The van der Waals surface area contributed by atoms with Crippen molar-refractivity contribution in [2.75, 3.05) is 19.7 Å². The van der Waals surface area contributed by atoms with Gasteiger partial charge in [-0.1, -0.05) is 55.5 Å². The molecule has 0 aliphatic heterocycles. The summed E-state index contributed by atoms with van der Waals surface area (Å²) < 4.78 is 5.76. The number of nitrogens with one attached hydrogen (secondary N) is 1. The third-order valence-electron chi connectivity index (χ3n) is 3.03. The quantitative estimate of drug-likeness (QED) is 0.813. The van der Waals surface area contributed by atoms with E-state index in [9.17, 15) is 5.11 Å². The van der Waals surface area contributed by atoms with E-state index >= 15 is 0 Å². The lowest BCUT2D eigenvalue weighted by Gasteiger charge is -2.15. The molecule has 0 bridgehead atoms. The lowest BCUT2D eigenvalue weighted by atomic mass is 10.1. The van der Waals surface area contributed by atoms with Crippen LogP contribution in [-0.4, -0.2) is 30.9 Å². The SMILES string of the molecule is CCNCC(O)COc1ccccc1-c1ccccc1. The molecule has 0 saturated heterocycles. The van der Waals surface area contributed by atoms with E-state index in [0.717, 1.165) is 23.4 Å². The van der Waals surface area contributed by atoms with Crippen LogP contribution in [-0.2, 0) is 0 Å². The average Bonchev–Trinajstić information content (AvgIpc) is 2.52. The molecular weight excluding hydrogens is 250 g/mol. The number of aliphatic hydroxyl groups is 1. The Hall–Kier alpha value is -1.84. The smallest absolute Gasteiger partial charge is 0.127 e. The number of benzene rings is 2. The van der Waals surface area contributed by atoms with Crippen molar-refractivity contribution in [3.63, 3.8) is 0 Å². The highest BCUT2D eigenvalue weighted by Crippen LogP contribution is 2.29. The first-order valence-electron chi connectivity index (χ1n) is 6.97. The lowest BCUT2D eigenvalue weighted by Crippen LogP contribution is -2.31. The summed E-state index contributed by atoms with van der Waals surface area (Å²) in [4.78, 5) is 0. The second kappa shape index (κ2) is 7.68. The Morgan fingerprint density at radius 2 is 1.75 bits per heavy atom. The number of hydrogen-bond acceptors (Lipinski definition) is 3. The zero-order valence-electron chi connectivity index (χ0n) is 11.8. The van der Waals surface area contributed by atoms with Crippen LogP contribution >= 0.6 is 0 Å². The molecule has 0 fully saturated rings. The molecule has 2 N–H and O–H groups in total. The second-order valence-electron chi connectivity index (χ2n) is 4.63. The third-order valence-corrected chi connectivity index (χ3v) is 3.03. The van der Waals surface area contributed by atoms with Crippen LogP contribution in [0, 0.1) is 0 Å². The Kier molecular flexibility index (Phi) is 5.59. The molecule has 0 heterocycles. The molecule has 2 aromatic rings. The molecule has 0 amide bonds. The van der Waals surface area contributed by atoms with E-state index in [2.05, 4.69) is 17.4 Å². The van der Waals surface area contributed by atoms with Crippen LogP contribution in [0.4, 0.5) is 0 Å². The van der Waals surface area contributed by atoms with Gasteiger partial charge in [0.2, 0.25) is 0 Å². The minimum atomic E-state index is -0.501. The minimum absolute atomic E-state index is 0.289. The summed E-state index contributed by atoms with van der Waals surface area (Å²) >= 11 is 0. The van der Waals surface area contributed by atoms with E-state index in [1.165, 1.54) is 0 Å². The average molecular weight is 271 g/mol.